The van der Waals surface area contributed by atoms with E-state index in [1.165, 1.54) is 10.5 Å². The first kappa shape index (κ1) is 15.1. The number of nitrogens with zero attached hydrogens (tertiary/aromatic N) is 3. The Balaban J connectivity index is 2.04. The Kier molecular flexibility index (Phi) is 3.74. The number of aromatic nitrogens is 3. The fraction of sp³-hybridized carbons (Fsp3) is 0.600. The summed E-state index contributed by atoms with van der Waals surface area (Å²) in [6, 6.07) is 1.36. The minimum atomic E-state index is -4.53. The molecule has 7 heteroatoms. The van der Waals surface area contributed by atoms with Crippen molar-refractivity contribution in [2.75, 3.05) is 6.61 Å². The molecule has 120 valence electrons. The molecule has 0 N–H and O–H groups in total. The normalized spacial score (nSPS) is 15.7. The van der Waals surface area contributed by atoms with E-state index >= 15 is 0 Å². The molecule has 2 aromatic rings. The first-order valence-corrected chi connectivity index (χ1v) is 7.43. The first-order chi connectivity index (χ1) is 10.4. The molecule has 0 bridgehead atoms. The molecule has 0 unspecified atom stereocenters. The van der Waals surface area contributed by atoms with Gasteiger partial charge in [0.05, 0.1) is 6.61 Å². The number of rotatable bonds is 5. The third-order valence-corrected chi connectivity index (χ3v) is 3.64. The lowest BCUT2D eigenvalue weighted by molar-refractivity contribution is -0.138. The molecule has 0 atom stereocenters. The summed E-state index contributed by atoms with van der Waals surface area (Å²) in [5.41, 5.74) is -1.02. The second-order valence-electron chi connectivity index (χ2n) is 6.21. The molecule has 2 heterocycles. The van der Waals surface area contributed by atoms with E-state index in [1.54, 1.807) is 6.20 Å². The molecule has 22 heavy (non-hydrogen) atoms. The number of ether oxygens (including phenoxy) is 1. The van der Waals surface area contributed by atoms with Gasteiger partial charge in [0, 0.05) is 12.6 Å². The molecule has 0 saturated heterocycles. The van der Waals surface area contributed by atoms with Crippen LogP contribution in [0.1, 0.15) is 38.1 Å². The summed E-state index contributed by atoms with van der Waals surface area (Å²) in [5.74, 6) is 1.07. The van der Waals surface area contributed by atoms with Crippen molar-refractivity contribution >= 4 is 5.65 Å². The van der Waals surface area contributed by atoms with Gasteiger partial charge < -0.3 is 4.74 Å². The van der Waals surface area contributed by atoms with E-state index in [2.05, 4.69) is 10.2 Å². The Morgan fingerprint density at radius 3 is 2.64 bits per heavy atom. The van der Waals surface area contributed by atoms with Gasteiger partial charge in [0.25, 0.3) is 0 Å². The molecule has 3 rings (SSSR count). The second-order valence-corrected chi connectivity index (χ2v) is 6.21. The van der Waals surface area contributed by atoms with Gasteiger partial charge in [-0.3, -0.25) is 4.40 Å². The smallest absolute Gasteiger partial charge is 0.423 e. The predicted octanol–water partition coefficient (Wildman–Crippen LogP) is 3.74. The maximum Gasteiger partial charge on any atom is 0.423 e. The van der Waals surface area contributed by atoms with E-state index in [1.807, 2.05) is 13.8 Å². The van der Waals surface area contributed by atoms with Crippen LogP contribution < -0.4 is 4.74 Å². The van der Waals surface area contributed by atoms with Crippen molar-refractivity contribution in [2.45, 2.75) is 39.3 Å². The Bertz CT molecular complexity index is 674. The molecule has 1 fully saturated rings. The van der Waals surface area contributed by atoms with Gasteiger partial charge in [-0.15, -0.1) is 10.2 Å². The van der Waals surface area contributed by atoms with E-state index in [0.29, 0.717) is 18.2 Å². The number of fused-ring (bicyclic) bond motifs is 1. The van der Waals surface area contributed by atoms with Crippen LogP contribution in [0.3, 0.4) is 0 Å². The van der Waals surface area contributed by atoms with Crippen LogP contribution in [0, 0.1) is 11.8 Å². The van der Waals surface area contributed by atoms with E-state index in [0.717, 1.165) is 12.8 Å². The highest BCUT2D eigenvalue weighted by atomic mass is 19.4. The Labute approximate surface area is 126 Å². The van der Waals surface area contributed by atoms with Crippen LogP contribution in [0.25, 0.3) is 5.65 Å². The van der Waals surface area contributed by atoms with Crippen LogP contribution in [0.2, 0.25) is 0 Å². The SMILES string of the molecule is CC(C)COc1ccn2c(CC3CC3)nnc2c1C(F)(F)F. The minimum absolute atomic E-state index is 0.139. The summed E-state index contributed by atoms with van der Waals surface area (Å²) in [5, 5.41) is 7.71. The van der Waals surface area contributed by atoms with Gasteiger partial charge in [-0.2, -0.15) is 13.2 Å². The zero-order valence-corrected chi connectivity index (χ0v) is 12.5. The summed E-state index contributed by atoms with van der Waals surface area (Å²) in [6.07, 6.45) is -0.0748. The highest BCUT2D eigenvalue weighted by molar-refractivity contribution is 5.56. The summed E-state index contributed by atoms with van der Waals surface area (Å²) in [4.78, 5) is 0. The minimum Gasteiger partial charge on any atom is -0.492 e. The summed E-state index contributed by atoms with van der Waals surface area (Å²) in [6.45, 7) is 4.00. The van der Waals surface area contributed by atoms with Gasteiger partial charge >= 0.3 is 6.18 Å². The maximum absolute atomic E-state index is 13.4. The van der Waals surface area contributed by atoms with E-state index in [9.17, 15) is 13.2 Å². The van der Waals surface area contributed by atoms with Gasteiger partial charge in [-0.1, -0.05) is 13.8 Å². The average Bonchev–Trinajstić information content (AvgIpc) is 3.15. The molecule has 0 aromatic carbocycles. The number of halogens is 3. The second kappa shape index (κ2) is 5.44. The van der Waals surface area contributed by atoms with Crippen molar-refractivity contribution < 1.29 is 17.9 Å². The van der Waals surface area contributed by atoms with Crippen LogP contribution in [0.15, 0.2) is 12.3 Å². The van der Waals surface area contributed by atoms with Crippen molar-refractivity contribution in [3.63, 3.8) is 0 Å². The molecule has 1 aliphatic rings. The Morgan fingerprint density at radius 1 is 1.32 bits per heavy atom. The predicted molar refractivity (Wildman–Crippen MR) is 74.8 cm³/mol. The lowest BCUT2D eigenvalue weighted by Gasteiger charge is -2.16. The van der Waals surface area contributed by atoms with Crippen LogP contribution in [-0.2, 0) is 12.6 Å². The lowest BCUT2D eigenvalue weighted by atomic mass is 10.2. The van der Waals surface area contributed by atoms with Crippen molar-refractivity contribution in [3.8, 4) is 5.75 Å². The monoisotopic (exact) mass is 313 g/mol. The van der Waals surface area contributed by atoms with Crippen LogP contribution in [0.4, 0.5) is 13.2 Å². The highest BCUT2D eigenvalue weighted by Crippen LogP contribution is 2.39. The fourth-order valence-electron chi connectivity index (χ4n) is 2.35. The Hall–Kier alpha value is -1.79. The van der Waals surface area contributed by atoms with Crippen molar-refractivity contribution in [1.29, 1.82) is 0 Å². The Morgan fingerprint density at radius 2 is 2.05 bits per heavy atom. The number of hydrogen-bond acceptors (Lipinski definition) is 3. The fourth-order valence-corrected chi connectivity index (χ4v) is 2.35. The maximum atomic E-state index is 13.4. The third kappa shape index (κ3) is 3.03. The van der Waals surface area contributed by atoms with Crippen LogP contribution >= 0.6 is 0 Å². The van der Waals surface area contributed by atoms with E-state index in [-0.39, 0.29) is 23.9 Å². The standard InChI is InChI=1S/C15H18F3N3O/c1-9(2)8-22-11-5-6-21-12(7-10-3-4-10)19-20-14(21)13(11)15(16,17)18/h5-6,9-10H,3-4,7-8H2,1-2H3. The molecular formula is C15H18F3N3O. The van der Waals surface area contributed by atoms with Gasteiger partial charge in [0.2, 0.25) is 0 Å². The largest absolute Gasteiger partial charge is 0.492 e. The molecule has 2 aromatic heterocycles. The van der Waals surface area contributed by atoms with E-state index < -0.39 is 11.7 Å². The van der Waals surface area contributed by atoms with Gasteiger partial charge in [0.15, 0.2) is 5.65 Å². The van der Waals surface area contributed by atoms with Gasteiger partial charge in [0.1, 0.15) is 17.1 Å². The molecule has 4 nitrogen and oxygen atoms in total. The summed E-state index contributed by atoms with van der Waals surface area (Å²) in [7, 11) is 0. The number of alkyl halides is 3. The third-order valence-electron chi connectivity index (χ3n) is 3.64. The van der Waals surface area contributed by atoms with E-state index in [4.69, 9.17) is 4.74 Å². The zero-order valence-electron chi connectivity index (χ0n) is 12.5. The number of hydrogen-bond donors (Lipinski definition) is 0. The molecule has 0 aliphatic heterocycles. The van der Waals surface area contributed by atoms with Gasteiger partial charge in [-0.25, -0.2) is 0 Å². The quantitative estimate of drug-likeness (QED) is 0.844. The topological polar surface area (TPSA) is 39.4 Å². The molecular weight excluding hydrogens is 295 g/mol. The molecule has 0 radical (unpaired) electrons. The number of pyridine rings is 1. The van der Waals surface area contributed by atoms with Crippen molar-refractivity contribution in [3.05, 3.63) is 23.7 Å². The molecule has 0 amide bonds. The average molecular weight is 313 g/mol. The summed E-state index contributed by atoms with van der Waals surface area (Å²) >= 11 is 0. The van der Waals surface area contributed by atoms with Crippen LogP contribution in [0.5, 0.6) is 5.75 Å². The zero-order chi connectivity index (χ0) is 15.9. The summed E-state index contributed by atoms with van der Waals surface area (Å²) < 4.78 is 47.0. The highest BCUT2D eigenvalue weighted by Gasteiger charge is 2.39. The van der Waals surface area contributed by atoms with Gasteiger partial charge in [-0.05, 0) is 30.7 Å². The molecule has 1 aliphatic carbocycles. The van der Waals surface area contributed by atoms with Crippen LogP contribution in [-0.4, -0.2) is 21.2 Å². The molecule has 1 saturated carbocycles. The van der Waals surface area contributed by atoms with Crippen molar-refractivity contribution in [2.24, 2.45) is 11.8 Å². The lowest BCUT2D eigenvalue weighted by Crippen LogP contribution is -2.14. The molecule has 0 spiro atoms. The first-order valence-electron chi connectivity index (χ1n) is 7.43. The van der Waals surface area contributed by atoms with Crippen molar-refractivity contribution in [1.82, 2.24) is 14.6 Å².